The normalized spacial score (nSPS) is 13.8. The van der Waals surface area contributed by atoms with Crippen molar-refractivity contribution >= 4 is 17.3 Å². The van der Waals surface area contributed by atoms with Crippen molar-refractivity contribution in [1.29, 1.82) is 0 Å². The minimum absolute atomic E-state index is 0.0551. The van der Waals surface area contributed by atoms with Crippen LogP contribution in [0.1, 0.15) is 6.92 Å². The van der Waals surface area contributed by atoms with Crippen LogP contribution in [0.15, 0.2) is 24.3 Å². The fourth-order valence-corrected chi connectivity index (χ4v) is 1.05. The summed E-state index contributed by atoms with van der Waals surface area (Å²) in [6.45, 7) is 0.966. The first-order valence-corrected chi connectivity index (χ1v) is 4.77. The van der Waals surface area contributed by atoms with E-state index in [0.29, 0.717) is 5.69 Å². The van der Waals surface area contributed by atoms with Crippen LogP contribution in [0, 0.1) is 10.1 Å². The van der Waals surface area contributed by atoms with Gasteiger partial charge in [0.05, 0.1) is 11.5 Å². The zero-order valence-corrected chi connectivity index (χ0v) is 9.08. The van der Waals surface area contributed by atoms with Crippen molar-refractivity contribution in [3.05, 3.63) is 34.4 Å². The molecule has 0 saturated heterocycles. The second kappa shape index (κ2) is 4.79. The number of aliphatic carboxylic acids is 1. The van der Waals surface area contributed by atoms with Gasteiger partial charge >= 0.3 is 5.97 Å². The number of aliphatic hydroxyl groups is 1. The third kappa shape index (κ3) is 3.42. The molecule has 1 atom stereocenters. The predicted molar refractivity (Wildman–Crippen MR) is 59.8 cm³/mol. The molecular formula is C10H12N2O5. The zero-order valence-electron chi connectivity index (χ0n) is 9.08. The minimum Gasteiger partial charge on any atom is -0.479 e. The molecule has 0 heterocycles. The van der Waals surface area contributed by atoms with Crippen molar-refractivity contribution in [3.63, 3.8) is 0 Å². The molecule has 0 fully saturated rings. The molecule has 0 bridgehead atoms. The smallest absolute Gasteiger partial charge is 0.337 e. The third-order valence-electron chi connectivity index (χ3n) is 2.18. The number of nitro benzene ring substituents is 1. The van der Waals surface area contributed by atoms with Gasteiger partial charge in [-0.1, -0.05) is 0 Å². The van der Waals surface area contributed by atoms with E-state index in [4.69, 9.17) is 5.11 Å². The van der Waals surface area contributed by atoms with Crippen LogP contribution in [0.2, 0.25) is 0 Å². The summed E-state index contributed by atoms with van der Waals surface area (Å²) >= 11 is 0. The van der Waals surface area contributed by atoms with E-state index in [1.165, 1.54) is 24.3 Å². The highest BCUT2D eigenvalue weighted by Gasteiger charge is 2.29. The molecule has 0 aromatic heterocycles. The summed E-state index contributed by atoms with van der Waals surface area (Å²) in [5.41, 5.74) is -1.44. The molecule has 0 radical (unpaired) electrons. The number of carboxylic acid groups (broad SMARTS) is 1. The summed E-state index contributed by atoms with van der Waals surface area (Å²) in [5, 5.41) is 31.1. The molecule has 0 saturated carbocycles. The Morgan fingerprint density at radius 1 is 1.47 bits per heavy atom. The molecule has 3 N–H and O–H groups in total. The van der Waals surface area contributed by atoms with Crippen LogP contribution in [0.5, 0.6) is 0 Å². The number of hydrogen-bond acceptors (Lipinski definition) is 5. The van der Waals surface area contributed by atoms with E-state index in [-0.39, 0.29) is 12.2 Å². The van der Waals surface area contributed by atoms with Crippen molar-refractivity contribution in [2.75, 3.05) is 11.9 Å². The van der Waals surface area contributed by atoms with Gasteiger partial charge in [0.1, 0.15) is 0 Å². The predicted octanol–water partition coefficient (Wildman–Crippen LogP) is 0.842. The maximum atomic E-state index is 10.6. The lowest BCUT2D eigenvalue weighted by molar-refractivity contribution is -0.384. The Labute approximate surface area is 96.8 Å². The van der Waals surface area contributed by atoms with Crippen LogP contribution in [0.4, 0.5) is 11.4 Å². The highest BCUT2D eigenvalue weighted by atomic mass is 16.6. The van der Waals surface area contributed by atoms with Gasteiger partial charge in [-0.05, 0) is 19.1 Å². The molecule has 0 aliphatic heterocycles. The number of benzene rings is 1. The van der Waals surface area contributed by atoms with Crippen molar-refractivity contribution in [2.45, 2.75) is 12.5 Å². The van der Waals surface area contributed by atoms with Gasteiger partial charge in [0, 0.05) is 17.8 Å². The SMILES string of the molecule is CC(O)(CNc1ccc([N+](=O)[O-])cc1)C(=O)O. The Kier molecular flexibility index (Phi) is 3.64. The third-order valence-corrected chi connectivity index (χ3v) is 2.18. The first kappa shape index (κ1) is 12.9. The summed E-state index contributed by atoms with van der Waals surface area (Å²) in [5.74, 6) is -1.34. The van der Waals surface area contributed by atoms with Crippen molar-refractivity contribution in [2.24, 2.45) is 0 Å². The molecule has 0 aliphatic carbocycles. The van der Waals surface area contributed by atoms with Gasteiger partial charge in [-0.3, -0.25) is 10.1 Å². The van der Waals surface area contributed by atoms with E-state index in [1.807, 2.05) is 0 Å². The Balaban J connectivity index is 2.65. The van der Waals surface area contributed by atoms with Crippen molar-refractivity contribution in [1.82, 2.24) is 0 Å². The van der Waals surface area contributed by atoms with E-state index in [9.17, 15) is 20.0 Å². The van der Waals surface area contributed by atoms with Crippen molar-refractivity contribution < 1.29 is 19.9 Å². The second-order valence-corrected chi connectivity index (χ2v) is 3.74. The van der Waals surface area contributed by atoms with Gasteiger partial charge in [-0.2, -0.15) is 0 Å². The monoisotopic (exact) mass is 240 g/mol. The first-order chi connectivity index (χ1) is 7.83. The Hall–Kier alpha value is -2.15. The number of anilines is 1. The fourth-order valence-electron chi connectivity index (χ4n) is 1.05. The van der Waals surface area contributed by atoms with E-state index in [1.54, 1.807) is 0 Å². The quantitative estimate of drug-likeness (QED) is 0.519. The van der Waals surface area contributed by atoms with Crippen LogP contribution >= 0.6 is 0 Å². The molecule has 0 aliphatic rings. The van der Waals surface area contributed by atoms with Crippen LogP contribution in [-0.2, 0) is 4.79 Å². The van der Waals surface area contributed by atoms with Gasteiger partial charge in [0.2, 0.25) is 0 Å². The van der Waals surface area contributed by atoms with Crippen molar-refractivity contribution in [3.8, 4) is 0 Å². The van der Waals surface area contributed by atoms with E-state index in [2.05, 4.69) is 5.32 Å². The van der Waals surface area contributed by atoms with Crippen LogP contribution in [-0.4, -0.2) is 33.3 Å². The summed E-state index contributed by atoms with van der Waals surface area (Å²) < 4.78 is 0. The molecule has 92 valence electrons. The molecule has 0 amide bonds. The number of hydrogen-bond donors (Lipinski definition) is 3. The Morgan fingerprint density at radius 2 is 2.00 bits per heavy atom. The van der Waals surface area contributed by atoms with E-state index >= 15 is 0 Å². The maximum Gasteiger partial charge on any atom is 0.337 e. The molecule has 1 unspecified atom stereocenters. The van der Waals surface area contributed by atoms with E-state index in [0.717, 1.165) is 6.92 Å². The molecule has 1 aromatic rings. The van der Waals surface area contributed by atoms with Crippen LogP contribution < -0.4 is 5.32 Å². The summed E-state index contributed by atoms with van der Waals surface area (Å²) in [7, 11) is 0. The lowest BCUT2D eigenvalue weighted by atomic mass is 10.1. The molecule has 7 heteroatoms. The first-order valence-electron chi connectivity index (χ1n) is 4.77. The van der Waals surface area contributed by atoms with Gasteiger partial charge in [-0.15, -0.1) is 0 Å². The van der Waals surface area contributed by atoms with Gasteiger partial charge in [-0.25, -0.2) is 4.79 Å². The van der Waals surface area contributed by atoms with Gasteiger partial charge in [0.15, 0.2) is 5.60 Å². The lowest BCUT2D eigenvalue weighted by Crippen LogP contribution is -2.41. The lowest BCUT2D eigenvalue weighted by Gasteiger charge is -2.18. The summed E-state index contributed by atoms with van der Waals surface area (Å²) in [4.78, 5) is 20.5. The van der Waals surface area contributed by atoms with Gasteiger partial charge < -0.3 is 15.5 Å². The number of nitro groups is 1. The molecule has 0 spiro atoms. The Bertz CT molecular complexity index is 427. The largest absolute Gasteiger partial charge is 0.479 e. The number of carbonyl (C=O) groups is 1. The average Bonchev–Trinajstić information content (AvgIpc) is 2.27. The standard InChI is InChI=1S/C10H12N2O5/c1-10(15,9(13)14)6-11-7-2-4-8(5-3-7)12(16)17/h2-5,11,15H,6H2,1H3,(H,13,14). The molecule has 1 rings (SSSR count). The number of non-ortho nitro benzene ring substituents is 1. The second-order valence-electron chi connectivity index (χ2n) is 3.74. The average molecular weight is 240 g/mol. The summed E-state index contributed by atoms with van der Waals surface area (Å²) in [6, 6.07) is 5.46. The topological polar surface area (TPSA) is 113 Å². The highest BCUT2D eigenvalue weighted by molar-refractivity contribution is 5.77. The fraction of sp³-hybridized carbons (Fsp3) is 0.300. The molecule has 17 heavy (non-hydrogen) atoms. The Morgan fingerprint density at radius 3 is 2.41 bits per heavy atom. The number of rotatable bonds is 5. The molecule has 1 aromatic carbocycles. The maximum absolute atomic E-state index is 10.6. The zero-order chi connectivity index (χ0) is 13.1. The minimum atomic E-state index is -1.89. The number of carboxylic acids is 1. The molecular weight excluding hydrogens is 228 g/mol. The van der Waals surface area contributed by atoms with E-state index < -0.39 is 16.5 Å². The summed E-state index contributed by atoms with van der Waals surface area (Å²) in [6.07, 6.45) is 0. The van der Waals surface area contributed by atoms with Gasteiger partial charge in [0.25, 0.3) is 5.69 Å². The molecule has 7 nitrogen and oxygen atoms in total. The number of nitrogens with one attached hydrogen (secondary N) is 1. The van der Waals surface area contributed by atoms with Crippen LogP contribution in [0.3, 0.4) is 0 Å². The number of nitrogens with zero attached hydrogens (tertiary/aromatic N) is 1. The van der Waals surface area contributed by atoms with Crippen LogP contribution in [0.25, 0.3) is 0 Å². The highest BCUT2D eigenvalue weighted by Crippen LogP contribution is 2.16.